The van der Waals surface area contributed by atoms with Crippen LogP contribution in [0.4, 0.5) is 5.69 Å². The number of aromatic nitrogens is 1. The molecule has 1 aromatic heterocycles. The Kier molecular flexibility index (Phi) is 4.04. The summed E-state index contributed by atoms with van der Waals surface area (Å²) in [6.07, 6.45) is 0. The van der Waals surface area contributed by atoms with Crippen molar-refractivity contribution in [2.75, 3.05) is 12.4 Å². The first kappa shape index (κ1) is 14.5. The molecule has 0 radical (unpaired) electrons. The number of methoxy groups -OCH3 is 1. The van der Waals surface area contributed by atoms with Crippen molar-refractivity contribution in [2.45, 2.75) is 6.61 Å². The van der Waals surface area contributed by atoms with Crippen LogP contribution in [0.25, 0.3) is 10.2 Å². The summed E-state index contributed by atoms with van der Waals surface area (Å²) in [5, 5.41) is 12.2. The SMILES string of the molecule is COc1ccc2nc(C(=O)Nc3ccc(CO)cc3)sc2c1. The number of aliphatic hydroxyl groups is 1. The molecule has 3 rings (SSSR count). The molecule has 0 unspecified atom stereocenters. The van der Waals surface area contributed by atoms with Crippen molar-refractivity contribution in [1.82, 2.24) is 4.98 Å². The fourth-order valence-electron chi connectivity index (χ4n) is 2.01. The van der Waals surface area contributed by atoms with Crippen LogP contribution in [0, 0.1) is 0 Å². The number of rotatable bonds is 4. The number of carbonyl (C=O) groups excluding carboxylic acids is 1. The Labute approximate surface area is 131 Å². The van der Waals surface area contributed by atoms with Gasteiger partial charge < -0.3 is 15.2 Å². The molecule has 1 amide bonds. The summed E-state index contributed by atoms with van der Waals surface area (Å²) in [6.45, 7) is -0.0199. The summed E-state index contributed by atoms with van der Waals surface area (Å²) in [5.74, 6) is 0.486. The number of benzene rings is 2. The maximum Gasteiger partial charge on any atom is 0.284 e. The Bertz CT molecular complexity index is 812. The molecule has 22 heavy (non-hydrogen) atoms. The molecule has 112 valence electrons. The minimum atomic E-state index is -0.253. The second-order valence-corrected chi connectivity index (χ2v) is 5.69. The number of thiazole rings is 1. The first-order valence-electron chi connectivity index (χ1n) is 6.65. The van der Waals surface area contributed by atoms with E-state index in [-0.39, 0.29) is 12.5 Å². The van der Waals surface area contributed by atoms with Gasteiger partial charge in [-0.25, -0.2) is 4.98 Å². The van der Waals surface area contributed by atoms with Crippen LogP contribution in [0.1, 0.15) is 15.4 Å². The number of anilines is 1. The van der Waals surface area contributed by atoms with Gasteiger partial charge in [-0.1, -0.05) is 12.1 Å². The number of hydrogen-bond acceptors (Lipinski definition) is 5. The second kappa shape index (κ2) is 6.13. The Balaban J connectivity index is 1.81. The number of carbonyl (C=O) groups is 1. The molecule has 0 bridgehead atoms. The largest absolute Gasteiger partial charge is 0.497 e. The Morgan fingerprint density at radius 1 is 1.27 bits per heavy atom. The predicted octanol–water partition coefficient (Wildman–Crippen LogP) is 3.05. The van der Waals surface area contributed by atoms with Crippen LogP contribution in [-0.4, -0.2) is 23.1 Å². The van der Waals surface area contributed by atoms with E-state index in [4.69, 9.17) is 9.84 Å². The Morgan fingerprint density at radius 3 is 2.73 bits per heavy atom. The molecule has 0 aliphatic rings. The Hall–Kier alpha value is -2.44. The standard InChI is InChI=1S/C16H14N2O3S/c1-21-12-6-7-13-14(8-12)22-16(18-13)15(20)17-11-4-2-10(9-19)3-5-11/h2-8,19H,9H2,1H3,(H,17,20). The van der Waals surface area contributed by atoms with Crippen LogP contribution in [0.5, 0.6) is 5.75 Å². The van der Waals surface area contributed by atoms with Crippen molar-refractivity contribution in [2.24, 2.45) is 0 Å². The number of ether oxygens (including phenoxy) is 1. The van der Waals surface area contributed by atoms with Crippen LogP contribution in [-0.2, 0) is 6.61 Å². The third-order valence-electron chi connectivity index (χ3n) is 3.18. The van der Waals surface area contributed by atoms with Gasteiger partial charge in [0.05, 0.1) is 23.9 Å². The van der Waals surface area contributed by atoms with E-state index in [1.165, 1.54) is 11.3 Å². The van der Waals surface area contributed by atoms with E-state index in [9.17, 15) is 4.79 Å². The van der Waals surface area contributed by atoms with E-state index in [1.54, 1.807) is 31.4 Å². The van der Waals surface area contributed by atoms with Gasteiger partial charge in [0.2, 0.25) is 0 Å². The smallest absolute Gasteiger partial charge is 0.284 e. The van der Waals surface area contributed by atoms with E-state index in [2.05, 4.69) is 10.3 Å². The summed E-state index contributed by atoms with van der Waals surface area (Å²) in [4.78, 5) is 16.6. The fraction of sp³-hybridized carbons (Fsp3) is 0.125. The van der Waals surface area contributed by atoms with Gasteiger partial charge in [-0.15, -0.1) is 11.3 Å². The lowest BCUT2D eigenvalue weighted by atomic mass is 10.2. The van der Waals surface area contributed by atoms with E-state index in [1.807, 2.05) is 18.2 Å². The molecule has 0 saturated heterocycles. The summed E-state index contributed by atoms with van der Waals surface area (Å²) in [6, 6.07) is 12.5. The minimum Gasteiger partial charge on any atom is -0.497 e. The molecule has 0 fully saturated rings. The topological polar surface area (TPSA) is 71.5 Å². The average Bonchev–Trinajstić information content (AvgIpc) is 2.98. The van der Waals surface area contributed by atoms with Gasteiger partial charge in [0.1, 0.15) is 5.75 Å². The Morgan fingerprint density at radius 2 is 2.05 bits per heavy atom. The van der Waals surface area contributed by atoms with Crippen molar-refractivity contribution in [3.05, 3.63) is 53.0 Å². The molecular weight excluding hydrogens is 300 g/mol. The van der Waals surface area contributed by atoms with Crippen LogP contribution in [0.3, 0.4) is 0 Å². The molecule has 0 saturated carbocycles. The molecule has 2 aromatic carbocycles. The number of nitrogens with one attached hydrogen (secondary N) is 1. The van der Waals surface area contributed by atoms with Crippen molar-refractivity contribution in [3.63, 3.8) is 0 Å². The lowest BCUT2D eigenvalue weighted by Crippen LogP contribution is -2.11. The molecule has 0 aliphatic heterocycles. The summed E-state index contributed by atoms with van der Waals surface area (Å²) < 4.78 is 6.07. The zero-order valence-corrected chi connectivity index (χ0v) is 12.7. The highest BCUT2D eigenvalue weighted by Crippen LogP contribution is 2.26. The van der Waals surface area contributed by atoms with E-state index in [0.29, 0.717) is 10.7 Å². The number of amides is 1. The van der Waals surface area contributed by atoms with E-state index >= 15 is 0 Å². The normalized spacial score (nSPS) is 10.6. The van der Waals surface area contributed by atoms with Crippen LogP contribution < -0.4 is 10.1 Å². The quantitative estimate of drug-likeness (QED) is 0.776. The average molecular weight is 314 g/mol. The van der Waals surface area contributed by atoms with Gasteiger partial charge in [-0.2, -0.15) is 0 Å². The van der Waals surface area contributed by atoms with Gasteiger partial charge >= 0.3 is 0 Å². The zero-order valence-electron chi connectivity index (χ0n) is 11.9. The van der Waals surface area contributed by atoms with Crippen LogP contribution >= 0.6 is 11.3 Å². The number of hydrogen-bond donors (Lipinski definition) is 2. The van der Waals surface area contributed by atoms with Crippen molar-refractivity contribution < 1.29 is 14.6 Å². The molecule has 3 aromatic rings. The predicted molar refractivity (Wildman–Crippen MR) is 86.5 cm³/mol. The first-order valence-corrected chi connectivity index (χ1v) is 7.47. The fourth-order valence-corrected chi connectivity index (χ4v) is 2.90. The lowest BCUT2D eigenvalue weighted by Gasteiger charge is -2.03. The van der Waals surface area contributed by atoms with Gasteiger partial charge in [-0.3, -0.25) is 4.79 Å². The molecule has 0 aliphatic carbocycles. The molecule has 1 heterocycles. The van der Waals surface area contributed by atoms with Crippen molar-refractivity contribution in [1.29, 1.82) is 0 Å². The molecule has 0 spiro atoms. The van der Waals surface area contributed by atoms with Gasteiger partial charge in [-0.05, 0) is 35.9 Å². The second-order valence-electron chi connectivity index (χ2n) is 4.66. The van der Waals surface area contributed by atoms with E-state index < -0.39 is 0 Å². The zero-order chi connectivity index (χ0) is 15.5. The summed E-state index contributed by atoms with van der Waals surface area (Å²) >= 11 is 1.32. The van der Waals surface area contributed by atoms with Gasteiger partial charge in [0.15, 0.2) is 5.01 Å². The van der Waals surface area contributed by atoms with Gasteiger partial charge in [0, 0.05) is 5.69 Å². The molecular formula is C16H14N2O3S. The summed E-state index contributed by atoms with van der Waals surface area (Å²) in [5.41, 5.74) is 2.23. The first-order chi connectivity index (χ1) is 10.7. The number of aliphatic hydroxyl groups excluding tert-OH is 1. The van der Waals surface area contributed by atoms with Crippen LogP contribution in [0.2, 0.25) is 0 Å². The third-order valence-corrected chi connectivity index (χ3v) is 4.20. The molecule has 5 nitrogen and oxygen atoms in total. The van der Waals surface area contributed by atoms with Crippen molar-refractivity contribution in [3.8, 4) is 5.75 Å². The molecule has 0 atom stereocenters. The molecule has 2 N–H and O–H groups in total. The highest BCUT2D eigenvalue weighted by atomic mass is 32.1. The number of fused-ring (bicyclic) bond motifs is 1. The number of nitrogens with zero attached hydrogens (tertiary/aromatic N) is 1. The highest BCUT2D eigenvalue weighted by molar-refractivity contribution is 7.20. The lowest BCUT2D eigenvalue weighted by molar-refractivity contribution is 0.102. The van der Waals surface area contributed by atoms with E-state index in [0.717, 1.165) is 21.5 Å². The maximum absolute atomic E-state index is 12.2. The molecule has 6 heteroatoms. The van der Waals surface area contributed by atoms with Crippen LogP contribution in [0.15, 0.2) is 42.5 Å². The monoisotopic (exact) mass is 314 g/mol. The van der Waals surface area contributed by atoms with Gasteiger partial charge in [0.25, 0.3) is 5.91 Å². The summed E-state index contributed by atoms with van der Waals surface area (Å²) in [7, 11) is 1.60. The minimum absolute atomic E-state index is 0.0199. The highest BCUT2D eigenvalue weighted by Gasteiger charge is 2.13. The maximum atomic E-state index is 12.2. The third kappa shape index (κ3) is 2.93. The van der Waals surface area contributed by atoms with Crippen molar-refractivity contribution >= 4 is 33.1 Å².